The van der Waals surface area contributed by atoms with Gasteiger partial charge in [0.05, 0.1) is 0 Å². The molecule has 1 saturated heterocycles. The van der Waals surface area contributed by atoms with Gasteiger partial charge in [-0.3, -0.25) is 9.59 Å². The van der Waals surface area contributed by atoms with Gasteiger partial charge in [-0.25, -0.2) is 0 Å². The maximum Gasteiger partial charge on any atom is 0.302 e. The number of hydrogen-bond donors (Lipinski definition) is 0. The molecule has 0 aliphatic carbocycles. The van der Waals surface area contributed by atoms with Gasteiger partial charge in [0.2, 0.25) is 0 Å². The van der Waals surface area contributed by atoms with E-state index in [4.69, 9.17) is 23.7 Å². The first kappa shape index (κ1) is 15.9. The molecule has 19 heavy (non-hydrogen) atoms. The van der Waals surface area contributed by atoms with Crippen molar-refractivity contribution in [2.75, 3.05) is 27.4 Å². The molecule has 1 aliphatic rings. The van der Waals surface area contributed by atoms with Crippen molar-refractivity contribution < 1.29 is 33.3 Å². The Kier molecular flexibility index (Phi) is 6.20. The summed E-state index contributed by atoms with van der Waals surface area (Å²) < 4.78 is 26.1. The summed E-state index contributed by atoms with van der Waals surface area (Å²) in [6.45, 7) is 2.79. The van der Waals surface area contributed by atoms with Crippen LogP contribution in [0.15, 0.2) is 0 Å². The monoisotopic (exact) mass is 276 g/mol. The van der Waals surface area contributed by atoms with Crippen LogP contribution < -0.4 is 0 Å². The quantitative estimate of drug-likeness (QED) is 0.627. The van der Waals surface area contributed by atoms with Crippen LogP contribution in [0.5, 0.6) is 0 Å². The van der Waals surface area contributed by atoms with E-state index in [1.54, 1.807) is 0 Å². The molecule has 1 fully saturated rings. The lowest BCUT2D eigenvalue weighted by atomic mass is 10.1. The first-order chi connectivity index (χ1) is 8.99. The Balaban J connectivity index is 2.63. The molecular formula is C12H20O7. The summed E-state index contributed by atoms with van der Waals surface area (Å²) in [7, 11) is 3.05. The highest BCUT2D eigenvalue weighted by Gasteiger charge is 2.46. The number of methoxy groups -OCH3 is 2. The molecule has 0 bridgehead atoms. The molecule has 0 spiro atoms. The molecule has 0 N–H and O–H groups in total. The summed E-state index contributed by atoms with van der Waals surface area (Å²) in [5.41, 5.74) is 0. The first-order valence-electron chi connectivity index (χ1n) is 5.97. The van der Waals surface area contributed by atoms with E-state index in [9.17, 15) is 9.59 Å². The Hall–Kier alpha value is -1.18. The fourth-order valence-electron chi connectivity index (χ4n) is 2.04. The van der Waals surface area contributed by atoms with Crippen LogP contribution in [0.4, 0.5) is 0 Å². The van der Waals surface area contributed by atoms with Crippen molar-refractivity contribution in [2.45, 2.75) is 38.3 Å². The minimum Gasteiger partial charge on any atom is -0.463 e. The standard InChI is InChI=1S/C12H20O7/c1-7(13)17-5-9-11(15-3)12(16-4)10(19-9)6-18-8(2)14/h9-12H,5-6H2,1-4H3/t9-,10-,11-,12-/m1/s1. The number of carbonyl (C=O) groups excluding carboxylic acids is 2. The van der Waals surface area contributed by atoms with Crippen LogP contribution in [0.25, 0.3) is 0 Å². The fraction of sp³-hybridized carbons (Fsp3) is 0.833. The molecule has 0 aromatic rings. The number of rotatable bonds is 6. The Bertz CT molecular complexity index is 287. The molecule has 7 heteroatoms. The third-order valence-corrected chi connectivity index (χ3v) is 2.85. The van der Waals surface area contributed by atoms with Crippen molar-refractivity contribution in [3.8, 4) is 0 Å². The van der Waals surface area contributed by atoms with Gasteiger partial charge in [0.1, 0.15) is 37.6 Å². The molecule has 7 nitrogen and oxygen atoms in total. The highest BCUT2D eigenvalue weighted by molar-refractivity contribution is 5.66. The van der Waals surface area contributed by atoms with E-state index in [0.717, 1.165) is 0 Å². The van der Waals surface area contributed by atoms with Gasteiger partial charge < -0.3 is 23.7 Å². The van der Waals surface area contributed by atoms with E-state index in [1.807, 2.05) is 0 Å². The maximum atomic E-state index is 10.8. The molecule has 0 amide bonds. The second kappa shape index (κ2) is 7.42. The molecule has 0 unspecified atom stereocenters. The van der Waals surface area contributed by atoms with Crippen LogP contribution in [0.1, 0.15) is 13.8 Å². The van der Waals surface area contributed by atoms with Crippen LogP contribution in [0.3, 0.4) is 0 Å². The molecule has 110 valence electrons. The summed E-state index contributed by atoms with van der Waals surface area (Å²) >= 11 is 0. The summed E-state index contributed by atoms with van der Waals surface area (Å²) in [6, 6.07) is 0. The third kappa shape index (κ3) is 4.45. The predicted octanol–water partition coefficient (Wildman–Crippen LogP) is -0.0900. The van der Waals surface area contributed by atoms with Gasteiger partial charge in [-0.2, -0.15) is 0 Å². The number of esters is 2. The average molecular weight is 276 g/mol. The summed E-state index contributed by atoms with van der Waals surface area (Å²) in [5, 5.41) is 0. The van der Waals surface area contributed by atoms with Crippen LogP contribution in [0, 0.1) is 0 Å². The zero-order chi connectivity index (χ0) is 14.4. The molecule has 1 heterocycles. The van der Waals surface area contributed by atoms with Gasteiger partial charge in [0, 0.05) is 28.1 Å². The van der Waals surface area contributed by atoms with Gasteiger partial charge in [0.15, 0.2) is 0 Å². The topological polar surface area (TPSA) is 80.3 Å². The summed E-state index contributed by atoms with van der Waals surface area (Å²) in [5.74, 6) is -0.785. The molecule has 1 rings (SSSR count). The van der Waals surface area contributed by atoms with Crippen molar-refractivity contribution in [1.29, 1.82) is 0 Å². The van der Waals surface area contributed by atoms with E-state index in [1.165, 1.54) is 28.1 Å². The van der Waals surface area contributed by atoms with E-state index in [2.05, 4.69) is 0 Å². The normalized spacial score (nSPS) is 30.1. The molecular weight excluding hydrogens is 256 g/mol. The second-order valence-corrected chi connectivity index (χ2v) is 4.22. The van der Waals surface area contributed by atoms with E-state index >= 15 is 0 Å². The predicted molar refractivity (Wildman–Crippen MR) is 63.5 cm³/mol. The van der Waals surface area contributed by atoms with Gasteiger partial charge in [0.25, 0.3) is 0 Å². The maximum absolute atomic E-state index is 10.8. The van der Waals surface area contributed by atoms with Gasteiger partial charge >= 0.3 is 11.9 Å². The van der Waals surface area contributed by atoms with Crippen molar-refractivity contribution in [1.82, 2.24) is 0 Å². The van der Waals surface area contributed by atoms with Crippen LogP contribution in [0.2, 0.25) is 0 Å². The Morgan fingerprint density at radius 1 is 0.895 bits per heavy atom. The lowest BCUT2D eigenvalue weighted by Crippen LogP contribution is -2.39. The number of ether oxygens (including phenoxy) is 5. The molecule has 1 aliphatic heterocycles. The zero-order valence-corrected chi connectivity index (χ0v) is 11.6. The van der Waals surface area contributed by atoms with Crippen molar-refractivity contribution in [2.24, 2.45) is 0 Å². The molecule has 0 radical (unpaired) electrons. The van der Waals surface area contributed by atoms with E-state index < -0.39 is 24.1 Å². The smallest absolute Gasteiger partial charge is 0.302 e. The second-order valence-electron chi connectivity index (χ2n) is 4.22. The SMILES string of the molecule is CO[C@H]1[C@H](OC)[C@@H](COC(C)=O)O[C@@H]1COC(C)=O. The third-order valence-electron chi connectivity index (χ3n) is 2.85. The largest absolute Gasteiger partial charge is 0.463 e. The first-order valence-corrected chi connectivity index (χ1v) is 5.97. The lowest BCUT2D eigenvalue weighted by Gasteiger charge is -2.21. The van der Waals surface area contributed by atoms with Crippen molar-refractivity contribution in [3.63, 3.8) is 0 Å². The van der Waals surface area contributed by atoms with Crippen molar-refractivity contribution >= 4 is 11.9 Å². The zero-order valence-electron chi connectivity index (χ0n) is 11.6. The minimum atomic E-state index is -0.445. The van der Waals surface area contributed by atoms with Crippen LogP contribution in [-0.4, -0.2) is 63.8 Å². The molecule has 0 aromatic carbocycles. The van der Waals surface area contributed by atoms with E-state index in [-0.39, 0.29) is 25.4 Å². The molecule has 0 aromatic heterocycles. The lowest BCUT2D eigenvalue weighted by molar-refractivity contribution is -0.150. The van der Waals surface area contributed by atoms with Gasteiger partial charge in [-0.15, -0.1) is 0 Å². The molecule has 4 atom stereocenters. The van der Waals surface area contributed by atoms with Crippen molar-refractivity contribution in [3.05, 3.63) is 0 Å². The Morgan fingerprint density at radius 2 is 1.26 bits per heavy atom. The van der Waals surface area contributed by atoms with Gasteiger partial charge in [-0.1, -0.05) is 0 Å². The highest BCUT2D eigenvalue weighted by Crippen LogP contribution is 2.26. The fourth-order valence-corrected chi connectivity index (χ4v) is 2.04. The summed E-state index contributed by atoms with van der Waals surface area (Å²) in [6.07, 6.45) is -1.66. The number of carbonyl (C=O) groups is 2. The Morgan fingerprint density at radius 3 is 1.53 bits per heavy atom. The van der Waals surface area contributed by atoms with Crippen LogP contribution >= 0.6 is 0 Å². The van der Waals surface area contributed by atoms with Gasteiger partial charge in [-0.05, 0) is 0 Å². The minimum absolute atomic E-state index is 0.0737. The highest BCUT2D eigenvalue weighted by atomic mass is 16.6. The Labute approximate surface area is 112 Å². The summed E-state index contributed by atoms with van der Waals surface area (Å²) in [4.78, 5) is 21.6. The van der Waals surface area contributed by atoms with E-state index in [0.29, 0.717) is 0 Å². The molecule has 0 saturated carbocycles. The van der Waals surface area contributed by atoms with Crippen LogP contribution in [-0.2, 0) is 33.3 Å². The average Bonchev–Trinajstić information content (AvgIpc) is 2.70. The number of hydrogen-bond acceptors (Lipinski definition) is 7.